The Morgan fingerprint density at radius 2 is 1.97 bits per heavy atom. The van der Waals surface area contributed by atoms with Gasteiger partial charge in [0.1, 0.15) is 4.90 Å². The smallest absolute Gasteiger partial charge is 0.321 e. The fourth-order valence-electron chi connectivity index (χ4n) is 3.30. The number of fused-ring (bicyclic) bond motifs is 1. The first-order valence-electron chi connectivity index (χ1n) is 9.57. The van der Waals surface area contributed by atoms with Gasteiger partial charge in [-0.3, -0.25) is 20.0 Å². The number of rotatable bonds is 6. The second-order valence-corrected chi connectivity index (χ2v) is 8.97. The Morgan fingerprint density at radius 3 is 2.67 bits per heavy atom. The molecule has 2 aromatic rings. The second-order valence-electron chi connectivity index (χ2n) is 7.07. The number of amides is 3. The number of imide groups is 1. The van der Waals surface area contributed by atoms with E-state index in [0.717, 1.165) is 10.9 Å². The topological polar surface area (TPSA) is 112 Å². The lowest BCUT2D eigenvalue weighted by Crippen LogP contribution is -2.52. The molecule has 9 nitrogen and oxygen atoms in total. The van der Waals surface area contributed by atoms with Crippen LogP contribution in [0.3, 0.4) is 0 Å². The Kier molecular flexibility index (Phi) is 6.80. The number of nitrogens with one attached hydrogen (secondary N) is 2. The molecule has 0 saturated carbocycles. The van der Waals surface area contributed by atoms with Gasteiger partial charge in [0, 0.05) is 44.3 Å². The number of hydrogen-bond donors (Lipinski definition) is 2. The normalized spacial score (nSPS) is 15.6. The van der Waals surface area contributed by atoms with Crippen LogP contribution in [0.2, 0.25) is 0 Å². The number of para-hydroxylation sites is 1. The summed E-state index contributed by atoms with van der Waals surface area (Å²) < 4.78 is 27.8. The number of pyridine rings is 1. The Bertz CT molecular complexity index is 1060. The number of sulfonamides is 1. The molecule has 0 spiro atoms. The summed E-state index contributed by atoms with van der Waals surface area (Å²) in [6.45, 7) is 6.95. The number of benzene rings is 1. The molecular weight excluding hydrogens is 406 g/mol. The van der Waals surface area contributed by atoms with Crippen molar-refractivity contribution in [1.82, 2.24) is 24.8 Å². The number of aromatic nitrogens is 1. The molecule has 160 valence electrons. The minimum absolute atomic E-state index is 0.0184. The van der Waals surface area contributed by atoms with Crippen LogP contribution < -0.4 is 10.6 Å². The molecule has 1 aliphatic heterocycles. The van der Waals surface area contributed by atoms with Gasteiger partial charge in [0.05, 0.1) is 12.1 Å². The average Bonchev–Trinajstić information content (AvgIpc) is 2.71. The van der Waals surface area contributed by atoms with Crippen molar-refractivity contribution in [3.8, 4) is 0 Å². The van der Waals surface area contributed by atoms with E-state index in [1.165, 1.54) is 10.4 Å². The van der Waals surface area contributed by atoms with E-state index >= 15 is 0 Å². The van der Waals surface area contributed by atoms with Gasteiger partial charge in [-0.25, -0.2) is 13.2 Å². The van der Waals surface area contributed by atoms with Crippen LogP contribution in [0.1, 0.15) is 5.56 Å². The van der Waals surface area contributed by atoms with Crippen LogP contribution in [0.25, 0.3) is 10.9 Å². The van der Waals surface area contributed by atoms with Crippen LogP contribution >= 0.6 is 0 Å². The van der Waals surface area contributed by atoms with Gasteiger partial charge in [-0.15, -0.1) is 6.58 Å². The molecule has 1 fully saturated rings. The van der Waals surface area contributed by atoms with Crippen molar-refractivity contribution in [2.24, 2.45) is 0 Å². The van der Waals surface area contributed by atoms with Crippen molar-refractivity contribution in [2.45, 2.75) is 11.8 Å². The van der Waals surface area contributed by atoms with Crippen molar-refractivity contribution in [3.05, 3.63) is 48.7 Å². The highest BCUT2D eigenvalue weighted by Gasteiger charge is 2.30. The van der Waals surface area contributed by atoms with E-state index in [1.807, 2.05) is 24.0 Å². The van der Waals surface area contributed by atoms with Gasteiger partial charge >= 0.3 is 6.03 Å². The monoisotopic (exact) mass is 431 g/mol. The molecule has 3 rings (SSSR count). The number of hydrogen-bond acceptors (Lipinski definition) is 6. The summed E-state index contributed by atoms with van der Waals surface area (Å²) in [4.78, 5) is 29.8. The predicted octanol–water partition coefficient (Wildman–Crippen LogP) is 0.861. The van der Waals surface area contributed by atoms with Crippen LogP contribution in [0, 0.1) is 6.92 Å². The number of carbonyl (C=O) groups is 2. The quantitative estimate of drug-likeness (QED) is 0.657. The standard InChI is InChI=1S/C20H25N5O4S/c1-3-7-21-20(27)23-18(26)14-24-8-10-25(11-9-24)30(28,29)17-6-4-5-16-12-15(2)13-22-19(16)17/h3-6,12-13H,1,7-11,14H2,2H3,(H2,21,23,26,27). The Morgan fingerprint density at radius 1 is 1.23 bits per heavy atom. The summed E-state index contributed by atoms with van der Waals surface area (Å²) in [5, 5.41) is 5.48. The summed E-state index contributed by atoms with van der Waals surface area (Å²) in [5.41, 5.74) is 1.41. The molecule has 30 heavy (non-hydrogen) atoms. The molecule has 10 heteroatoms. The van der Waals surface area contributed by atoms with Crippen LogP contribution in [-0.4, -0.2) is 73.8 Å². The van der Waals surface area contributed by atoms with Gasteiger partial charge in [0.15, 0.2) is 0 Å². The number of aryl methyl sites for hydroxylation is 1. The first-order valence-corrected chi connectivity index (χ1v) is 11.0. The molecule has 0 bridgehead atoms. The fraction of sp³-hybridized carbons (Fsp3) is 0.350. The number of nitrogens with zero attached hydrogens (tertiary/aromatic N) is 3. The fourth-order valence-corrected chi connectivity index (χ4v) is 4.88. The van der Waals surface area contributed by atoms with Gasteiger partial charge in [-0.05, 0) is 24.6 Å². The molecule has 0 unspecified atom stereocenters. The van der Waals surface area contributed by atoms with Crippen LogP contribution in [0.4, 0.5) is 4.79 Å². The van der Waals surface area contributed by atoms with E-state index in [4.69, 9.17) is 0 Å². The molecule has 1 aliphatic rings. The highest BCUT2D eigenvalue weighted by Crippen LogP contribution is 2.25. The van der Waals surface area contributed by atoms with Gasteiger partial charge < -0.3 is 5.32 Å². The minimum atomic E-state index is -3.71. The van der Waals surface area contributed by atoms with E-state index < -0.39 is 22.0 Å². The summed E-state index contributed by atoms with van der Waals surface area (Å²) >= 11 is 0. The van der Waals surface area contributed by atoms with Gasteiger partial charge in [-0.1, -0.05) is 18.2 Å². The molecule has 0 radical (unpaired) electrons. The molecule has 2 heterocycles. The predicted molar refractivity (Wildman–Crippen MR) is 113 cm³/mol. The second kappa shape index (κ2) is 9.33. The molecule has 1 aromatic carbocycles. The highest BCUT2D eigenvalue weighted by molar-refractivity contribution is 7.89. The van der Waals surface area contributed by atoms with Gasteiger partial charge in [0.2, 0.25) is 15.9 Å². The first-order chi connectivity index (χ1) is 14.3. The van der Waals surface area contributed by atoms with Crippen LogP contribution in [0.5, 0.6) is 0 Å². The average molecular weight is 432 g/mol. The zero-order chi connectivity index (χ0) is 21.7. The third kappa shape index (κ3) is 5.02. The van der Waals surface area contributed by atoms with Crippen molar-refractivity contribution in [1.29, 1.82) is 0 Å². The van der Waals surface area contributed by atoms with E-state index in [9.17, 15) is 18.0 Å². The number of carbonyl (C=O) groups excluding carboxylic acids is 2. The third-order valence-corrected chi connectivity index (χ3v) is 6.72. The Balaban J connectivity index is 1.63. The SMILES string of the molecule is C=CCNC(=O)NC(=O)CN1CCN(S(=O)(=O)c2cccc3cc(C)cnc23)CC1. The molecule has 0 aliphatic carbocycles. The highest BCUT2D eigenvalue weighted by atomic mass is 32.2. The molecule has 0 atom stereocenters. The Hall–Kier alpha value is -2.82. The summed E-state index contributed by atoms with van der Waals surface area (Å²) in [6, 6.07) is 6.45. The van der Waals surface area contributed by atoms with E-state index in [0.29, 0.717) is 18.6 Å². The van der Waals surface area contributed by atoms with E-state index in [-0.39, 0.29) is 31.1 Å². The maximum Gasteiger partial charge on any atom is 0.321 e. The first kappa shape index (κ1) is 21.9. The maximum absolute atomic E-state index is 13.2. The summed E-state index contributed by atoms with van der Waals surface area (Å²) in [7, 11) is -3.71. The number of piperazine rings is 1. The summed E-state index contributed by atoms with van der Waals surface area (Å²) in [6.07, 6.45) is 3.17. The lowest BCUT2D eigenvalue weighted by Gasteiger charge is -2.33. The maximum atomic E-state index is 13.2. The molecule has 2 N–H and O–H groups in total. The largest absolute Gasteiger partial charge is 0.334 e. The van der Waals surface area contributed by atoms with Gasteiger partial charge in [0.25, 0.3) is 0 Å². The van der Waals surface area contributed by atoms with Crippen molar-refractivity contribution in [2.75, 3.05) is 39.3 Å². The molecule has 1 aromatic heterocycles. The van der Waals surface area contributed by atoms with Gasteiger partial charge in [-0.2, -0.15) is 4.31 Å². The number of urea groups is 1. The molecular formula is C20H25N5O4S. The Labute approximate surface area is 175 Å². The third-order valence-electron chi connectivity index (χ3n) is 4.79. The lowest BCUT2D eigenvalue weighted by molar-refractivity contribution is -0.121. The molecule has 3 amide bonds. The van der Waals surface area contributed by atoms with E-state index in [2.05, 4.69) is 22.2 Å². The van der Waals surface area contributed by atoms with Crippen LogP contribution in [0.15, 0.2) is 48.0 Å². The van der Waals surface area contributed by atoms with E-state index in [1.54, 1.807) is 18.3 Å². The van der Waals surface area contributed by atoms with Crippen molar-refractivity contribution < 1.29 is 18.0 Å². The zero-order valence-corrected chi connectivity index (χ0v) is 17.6. The summed E-state index contributed by atoms with van der Waals surface area (Å²) in [5.74, 6) is -0.443. The minimum Gasteiger partial charge on any atom is -0.334 e. The van der Waals surface area contributed by atoms with Crippen LogP contribution in [-0.2, 0) is 14.8 Å². The zero-order valence-electron chi connectivity index (χ0n) is 16.8. The van der Waals surface area contributed by atoms with Crippen molar-refractivity contribution in [3.63, 3.8) is 0 Å². The van der Waals surface area contributed by atoms with Crippen molar-refractivity contribution >= 4 is 32.9 Å². The lowest BCUT2D eigenvalue weighted by atomic mass is 10.2. The molecule has 1 saturated heterocycles.